The van der Waals surface area contributed by atoms with Crippen LogP contribution in [-0.2, 0) is 11.2 Å². The van der Waals surface area contributed by atoms with E-state index >= 15 is 0 Å². The summed E-state index contributed by atoms with van der Waals surface area (Å²) >= 11 is 0. The first-order chi connectivity index (χ1) is 9.92. The molecule has 1 amide bonds. The summed E-state index contributed by atoms with van der Waals surface area (Å²) in [5.74, 6) is 2.05. The van der Waals surface area contributed by atoms with Crippen LogP contribution < -0.4 is 4.74 Å². The van der Waals surface area contributed by atoms with Crippen LogP contribution >= 0.6 is 0 Å². The molecule has 118 valence electrons. The maximum atomic E-state index is 12.5. The summed E-state index contributed by atoms with van der Waals surface area (Å²) in [6.07, 6.45) is 0.464. The summed E-state index contributed by atoms with van der Waals surface area (Å²) in [7, 11) is 0. The van der Waals surface area contributed by atoms with E-state index in [1.807, 2.05) is 36.1 Å². The summed E-state index contributed by atoms with van der Waals surface area (Å²) in [5.41, 5.74) is 1.04. The van der Waals surface area contributed by atoms with E-state index in [-0.39, 0.29) is 5.91 Å². The zero-order valence-corrected chi connectivity index (χ0v) is 14.1. The fourth-order valence-corrected chi connectivity index (χ4v) is 2.32. The van der Waals surface area contributed by atoms with Crippen molar-refractivity contribution in [2.24, 2.45) is 11.8 Å². The molecule has 1 aromatic carbocycles. The highest BCUT2D eigenvalue weighted by Gasteiger charge is 2.16. The molecule has 0 aromatic heterocycles. The number of hydrogen-bond donors (Lipinski definition) is 0. The minimum Gasteiger partial charge on any atom is -0.494 e. The zero-order chi connectivity index (χ0) is 15.8. The molecule has 0 fully saturated rings. The molecule has 0 heterocycles. The van der Waals surface area contributed by atoms with Gasteiger partial charge < -0.3 is 9.64 Å². The van der Waals surface area contributed by atoms with Gasteiger partial charge in [-0.15, -0.1) is 0 Å². The maximum Gasteiger partial charge on any atom is 0.227 e. The highest BCUT2D eigenvalue weighted by molar-refractivity contribution is 5.78. The van der Waals surface area contributed by atoms with Gasteiger partial charge in [0.25, 0.3) is 0 Å². The largest absolute Gasteiger partial charge is 0.494 e. The second-order valence-corrected chi connectivity index (χ2v) is 6.34. The third kappa shape index (κ3) is 6.65. The number of nitrogens with zero attached hydrogens (tertiary/aromatic N) is 1. The molecule has 1 rings (SSSR count). The minimum atomic E-state index is 0.210. The van der Waals surface area contributed by atoms with Crippen molar-refractivity contribution in [1.29, 1.82) is 0 Å². The van der Waals surface area contributed by atoms with E-state index in [2.05, 4.69) is 27.7 Å². The molecule has 0 radical (unpaired) electrons. The number of ether oxygens (including phenoxy) is 1. The van der Waals surface area contributed by atoms with Gasteiger partial charge in [-0.25, -0.2) is 0 Å². The van der Waals surface area contributed by atoms with Crippen LogP contribution in [-0.4, -0.2) is 30.5 Å². The quantitative estimate of drug-likeness (QED) is 0.729. The Morgan fingerprint density at radius 2 is 1.57 bits per heavy atom. The van der Waals surface area contributed by atoms with Crippen molar-refractivity contribution >= 4 is 5.91 Å². The van der Waals surface area contributed by atoms with Gasteiger partial charge in [0, 0.05) is 13.1 Å². The van der Waals surface area contributed by atoms with Crippen LogP contribution in [0.5, 0.6) is 5.75 Å². The smallest absolute Gasteiger partial charge is 0.227 e. The predicted octanol–water partition coefficient (Wildman–Crippen LogP) is 3.77. The first-order valence-electron chi connectivity index (χ1n) is 7.91. The number of amides is 1. The van der Waals surface area contributed by atoms with Gasteiger partial charge in [0.15, 0.2) is 0 Å². The van der Waals surface area contributed by atoms with Crippen molar-refractivity contribution < 1.29 is 9.53 Å². The molecule has 1 aromatic rings. The third-order valence-electron chi connectivity index (χ3n) is 3.11. The van der Waals surface area contributed by atoms with Crippen LogP contribution in [0.1, 0.15) is 40.2 Å². The van der Waals surface area contributed by atoms with Gasteiger partial charge in [-0.3, -0.25) is 4.79 Å². The van der Waals surface area contributed by atoms with Crippen LogP contribution in [0.2, 0.25) is 0 Å². The first-order valence-corrected chi connectivity index (χ1v) is 7.91. The topological polar surface area (TPSA) is 29.5 Å². The molecular formula is C18H29NO2. The number of benzene rings is 1. The molecule has 0 saturated heterocycles. The summed E-state index contributed by atoms with van der Waals surface area (Å²) in [5, 5.41) is 0. The molecule has 0 spiro atoms. The maximum absolute atomic E-state index is 12.5. The molecule has 0 aliphatic rings. The van der Waals surface area contributed by atoms with E-state index in [4.69, 9.17) is 4.74 Å². The van der Waals surface area contributed by atoms with Crippen molar-refractivity contribution in [3.8, 4) is 5.75 Å². The van der Waals surface area contributed by atoms with Crippen LogP contribution in [0.4, 0.5) is 0 Å². The fourth-order valence-electron chi connectivity index (χ4n) is 2.32. The Morgan fingerprint density at radius 3 is 2.00 bits per heavy atom. The van der Waals surface area contributed by atoms with Crippen LogP contribution in [0.25, 0.3) is 0 Å². The molecule has 0 aliphatic heterocycles. The van der Waals surface area contributed by atoms with Crippen molar-refractivity contribution in [2.75, 3.05) is 19.7 Å². The zero-order valence-electron chi connectivity index (χ0n) is 14.1. The lowest BCUT2D eigenvalue weighted by molar-refractivity contribution is -0.131. The summed E-state index contributed by atoms with van der Waals surface area (Å²) in [4.78, 5) is 14.5. The van der Waals surface area contributed by atoms with Crippen molar-refractivity contribution in [3.63, 3.8) is 0 Å². The van der Waals surface area contributed by atoms with Gasteiger partial charge >= 0.3 is 0 Å². The SMILES string of the molecule is CCOc1ccc(CC(=O)N(CC(C)C)CC(C)C)cc1. The lowest BCUT2D eigenvalue weighted by Crippen LogP contribution is -2.37. The fraction of sp³-hybridized carbons (Fsp3) is 0.611. The van der Waals surface area contributed by atoms with Gasteiger partial charge in [0.1, 0.15) is 5.75 Å². The Hall–Kier alpha value is -1.51. The molecule has 3 nitrogen and oxygen atoms in total. The Balaban J connectivity index is 2.66. The Kier molecular flexibility index (Phi) is 7.27. The van der Waals surface area contributed by atoms with E-state index in [1.165, 1.54) is 0 Å². The molecule has 0 saturated carbocycles. The Bertz CT molecular complexity index is 413. The second-order valence-electron chi connectivity index (χ2n) is 6.34. The van der Waals surface area contributed by atoms with E-state index in [0.717, 1.165) is 24.4 Å². The first kappa shape index (κ1) is 17.5. The van der Waals surface area contributed by atoms with Crippen LogP contribution in [0.3, 0.4) is 0 Å². The van der Waals surface area contributed by atoms with Crippen LogP contribution in [0.15, 0.2) is 24.3 Å². The lowest BCUT2D eigenvalue weighted by atomic mass is 10.1. The molecule has 0 aliphatic carbocycles. The number of carbonyl (C=O) groups excluding carboxylic acids is 1. The Labute approximate surface area is 129 Å². The molecule has 0 unspecified atom stereocenters. The average Bonchev–Trinajstić information content (AvgIpc) is 2.39. The van der Waals surface area contributed by atoms with E-state index in [1.54, 1.807) is 0 Å². The molecule has 0 atom stereocenters. The van der Waals surface area contributed by atoms with Gasteiger partial charge in [-0.2, -0.15) is 0 Å². The Morgan fingerprint density at radius 1 is 1.05 bits per heavy atom. The van der Waals surface area contributed by atoms with Gasteiger partial charge in [0.05, 0.1) is 13.0 Å². The predicted molar refractivity (Wildman–Crippen MR) is 87.6 cm³/mol. The molecule has 0 bridgehead atoms. The number of rotatable bonds is 8. The van der Waals surface area contributed by atoms with E-state index in [9.17, 15) is 4.79 Å². The van der Waals surface area contributed by atoms with E-state index < -0.39 is 0 Å². The standard InChI is InChI=1S/C18H29NO2/c1-6-21-17-9-7-16(8-10-17)11-18(20)19(12-14(2)3)13-15(4)5/h7-10,14-15H,6,11-13H2,1-5H3. The molecular weight excluding hydrogens is 262 g/mol. The van der Waals surface area contributed by atoms with Crippen LogP contribution in [0, 0.1) is 11.8 Å². The number of carbonyl (C=O) groups is 1. The molecule has 21 heavy (non-hydrogen) atoms. The normalized spacial score (nSPS) is 11.0. The summed E-state index contributed by atoms with van der Waals surface area (Å²) < 4.78 is 5.42. The highest BCUT2D eigenvalue weighted by atomic mass is 16.5. The molecule has 0 N–H and O–H groups in total. The molecule has 3 heteroatoms. The van der Waals surface area contributed by atoms with Gasteiger partial charge in [0.2, 0.25) is 5.91 Å². The van der Waals surface area contributed by atoms with Gasteiger partial charge in [-0.05, 0) is 36.5 Å². The average molecular weight is 291 g/mol. The monoisotopic (exact) mass is 291 g/mol. The second kappa shape index (κ2) is 8.71. The number of hydrogen-bond acceptors (Lipinski definition) is 2. The highest BCUT2D eigenvalue weighted by Crippen LogP contribution is 2.14. The van der Waals surface area contributed by atoms with E-state index in [0.29, 0.717) is 24.9 Å². The third-order valence-corrected chi connectivity index (χ3v) is 3.11. The van der Waals surface area contributed by atoms with Crippen molar-refractivity contribution in [2.45, 2.75) is 41.0 Å². The van der Waals surface area contributed by atoms with Crippen molar-refractivity contribution in [1.82, 2.24) is 4.90 Å². The minimum absolute atomic E-state index is 0.210. The lowest BCUT2D eigenvalue weighted by Gasteiger charge is -2.26. The van der Waals surface area contributed by atoms with Gasteiger partial charge in [-0.1, -0.05) is 39.8 Å². The summed E-state index contributed by atoms with van der Waals surface area (Å²) in [6.45, 7) is 12.9. The summed E-state index contributed by atoms with van der Waals surface area (Å²) in [6, 6.07) is 7.82. The van der Waals surface area contributed by atoms with Crippen molar-refractivity contribution in [3.05, 3.63) is 29.8 Å².